The van der Waals surface area contributed by atoms with Crippen molar-refractivity contribution in [2.75, 3.05) is 11.1 Å². The fourth-order valence-corrected chi connectivity index (χ4v) is 5.17. The van der Waals surface area contributed by atoms with Crippen molar-refractivity contribution in [3.63, 3.8) is 0 Å². The smallest absolute Gasteiger partial charge is 0.234 e. The molecule has 0 saturated heterocycles. The van der Waals surface area contributed by atoms with Gasteiger partial charge in [0.2, 0.25) is 5.91 Å². The van der Waals surface area contributed by atoms with E-state index in [4.69, 9.17) is 51.4 Å². The summed E-state index contributed by atoms with van der Waals surface area (Å²) >= 11 is 25.7. The van der Waals surface area contributed by atoms with Gasteiger partial charge in [-0.1, -0.05) is 82.4 Å². The summed E-state index contributed by atoms with van der Waals surface area (Å²) < 4.78 is 2.01. The molecular weight excluding hydrogens is 532 g/mol. The van der Waals surface area contributed by atoms with Crippen molar-refractivity contribution in [3.8, 4) is 16.9 Å². The third kappa shape index (κ3) is 5.73. The fourth-order valence-electron chi connectivity index (χ4n) is 3.34. The summed E-state index contributed by atoms with van der Waals surface area (Å²) in [6.45, 7) is 4.09. The third-order valence-corrected chi connectivity index (χ3v) is 7.06. The molecule has 0 aliphatic rings. The molecule has 1 amide bonds. The molecule has 0 aliphatic carbocycles. The quantitative estimate of drug-likeness (QED) is 0.245. The Balaban J connectivity index is 1.63. The number of aromatic nitrogens is 2. The lowest BCUT2D eigenvalue weighted by Gasteiger charge is -2.12. The number of hydrogen-bond donors (Lipinski definition) is 1. The molecule has 0 aliphatic heterocycles. The van der Waals surface area contributed by atoms with Crippen molar-refractivity contribution in [2.45, 2.75) is 19.0 Å². The maximum atomic E-state index is 12.7. The number of halogens is 4. The van der Waals surface area contributed by atoms with Crippen LogP contribution in [0.4, 0.5) is 5.69 Å². The lowest BCUT2D eigenvalue weighted by molar-refractivity contribution is -0.113. The SMILES string of the molecule is Cc1ccc(C)c(-n2cc(-c3ccc(Cl)cc3)nc2SCC(=O)Nc2c(Cl)cc(Cl)cc2Cl)c1. The molecule has 0 unspecified atom stereocenters. The van der Waals surface area contributed by atoms with E-state index in [1.54, 1.807) is 0 Å². The summed E-state index contributed by atoms with van der Waals surface area (Å²) in [5.41, 5.74) is 5.26. The summed E-state index contributed by atoms with van der Waals surface area (Å²) in [7, 11) is 0. The van der Waals surface area contributed by atoms with Crippen LogP contribution in [0.2, 0.25) is 20.1 Å². The van der Waals surface area contributed by atoms with Crippen molar-refractivity contribution in [1.29, 1.82) is 0 Å². The van der Waals surface area contributed by atoms with Crippen LogP contribution in [0.5, 0.6) is 0 Å². The van der Waals surface area contributed by atoms with Crippen LogP contribution in [0.25, 0.3) is 16.9 Å². The first-order chi connectivity index (χ1) is 16.2. The molecule has 0 spiro atoms. The van der Waals surface area contributed by atoms with E-state index in [1.807, 2.05) is 48.9 Å². The molecule has 9 heteroatoms. The van der Waals surface area contributed by atoms with Crippen molar-refractivity contribution in [1.82, 2.24) is 9.55 Å². The van der Waals surface area contributed by atoms with Crippen LogP contribution < -0.4 is 5.32 Å². The summed E-state index contributed by atoms with van der Waals surface area (Å²) in [6, 6.07) is 16.8. The van der Waals surface area contributed by atoms with Crippen LogP contribution >= 0.6 is 58.2 Å². The maximum Gasteiger partial charge on any atom is 0.234 e. The molecule has 0 fully saturated rings. The molecule has 1 N–H and O–H groups in total. The number of carbonyl (C=O) groups is 1. The van der Waals surface area contributed by atoms with Crippen molar-refractivity contribution < 1.29 is 4.79 Å². The number of aryl methyl sites for hydroxylation is 2. The second kappa shape index (κ2) is 10.6. The molecule has 3 aromatic carbocycles. The van der Waals surface area contributed by atoms with Gasteiger partial charge in [-0.25, -0.2) is 4.98 Å². The van der Waals surface area contributed by atoms with Crippen LogP contribution in [0.1, 0.15) is 11.1 Å². The van der Waals surface area contributed by atoms with Gasteiger partial charge in [0, 0.05) is 21.8 Å². The number of thioether (sulfide) groups is 1. The van der Waals surface area contributed by atoms with E-state index in [9.17, 15) is 4.79 Å². The number of nitrogens with one attached hydrogen (secondary N) is 1. The topological polar surface area (TPSA) is 46.9 Å². The zero-order valence-electron chi connectivity index (χ0n) is 18.2. The van der Waals surface area contributed by atoms with Gasteiger partial charge in [0.15, 0.2) is 5.16 Å². The second-order valence-corrected chi connectivity index (χ2v) is 10.3. The van der Waals surface area contributed by atoms with Gasteiger partial charge in [-0.2, -0.15) is 0 Å². The minimum atomic E-state index is -0.264. The van der Waals surface area contributed by atoms with Crippen LogP contribution in [-0.4, -0.2) is 21.2 Å². The first kappa shape index (κ1) is 25.0. The monoisotopic (exact) mass is 549 g/mol. The zero-order valence-corrected chi connectivity index (χ0v) is 22.0. The first-order valence-corrected chi connectivity index (χ1v) is 12.7. The molecule has 1 aromatic heterocycles. The Morgan fingerprint density at radius 1 is 0.941 bits per heavy atom. The van der Waals surface area contributed by atoms with Gasteiger partial charge in [-0.3, -0.25) is 9.36 Å². The number of nitrogens with zero attached hydrogens (tertiary/aromatic N) is 2. The molecule has 4 rings (SSSR count). The first-order valence-electron chi connectivity index (χ1n) is 10.2. The molecule has 0 radical (unpaired) electrons. The van der Waals surface area contributed by atoms with Crippen LogP contribution in [0, 0.1) is 13.8 Å². The summed E-state index contributed by atoms with van der Waals surface area (Å²) in [6.07, 6.45) is 1.97. The normalized spacial score (nSPS) is 11.0. The van der Waals surface area contributed by atoms with Gasteiger partial charge in [0.1, 0.15) is 0 Å². The summed E-state index contributed by atoms with van der Waals surface area (Å²) in [5.74, 6) is -0.156. The van der Waals surface area contributed by atoms with E-state index < -0.39 is 0 Å². The Hall–Kier alpha value is -2.15. The molecule has 0 bridgehead atoms. The minimum Gasteiger partial charge on any atom is -0.323 e. The highest BCUT2D eigenvalue weighted by atomic mass is 35.5. The number of benzene rings is 3. The Kier molecular flexibility index (Phi) is 7.80. The average molecular weight is 551 g/mol. The Labute approximate surface area is 222 Å². The van der Waals surface area contributed by atoms with E-state index in [0.29, 0.717) is 20.9 Å². The van der Waals surface area contributed by atoms with E-state index in [-0.39, 0.29) is 21.7 Å². The van der Waals surface area contributed by atoms with E-state index in [0.717, 1.165) is 28.1 Å². The predicted molar refractivity (Wildman–Crippen MR) is 144 cm³/mol. The van der Waals surface area contributed by atoms with Gasteiger partial charge in [0.25, 0.3) is 0 Å². The standard InChI is InChI=1S/C25H19Cl4N3OS/c1-14-3-4-15(2)22(9-14)32-12-21(16-5-7-17(26)8-6-16)30-25(32)34-13-23(33)31-24-19(28)10-18(27)11-20(24)29/h3-12H,13H2,1-2H3,(H,31,33). The van der Waals surface area contributed by atoms with E-state index in [2.05, 4.69) is 23.5 Å². The molecule has 174 valence electrons. The molecule has 1 heterocycles. The number of imidazole rings is 1. The highest BCUT2D eigenvalue weighted by molar-refractivity contribution is 7.99. The van der Waals surface area contributed by atoms with Gasteiger partial charge < -0.3 is 5.32 Å². The molecular formula is C25H19Cl4N3OS. The van der Waals surface area contributed by atoms with Gasteiger partial charge in [0.05, 0.1) is 32.9 Å². The number of carbonyl (C=O) groups excluding carboxylic acids is 1. The molecule has 0 atom stereocenters. The summed E-state index contributed by atoms with van der Waals surface area (Å²) in [5, 5.41) is 5.05. The minimum absolute atomic E-state index is 0.108. The van der Waals surface area contributed by atoms with Crippen LogP contribution in [0.15, 0.2) is 66.0 Å². The highest BCUT2D eigenvalue weighted by Gasteiger charge is 2.17. The molecule has 0 saturated carbocycles. The number of amides is 1. The zero-order chi connectivity index (χ0) is 24.4. The van der Waals surface area contributed by atoms with Crippen molar-refractivity contribution >= 4 is 69.8 Å². The van der Waals surface area contributed by atoms with E-state index in [1.165, 1.54) is 23.9 Å². The van der Waals surface area contributed by atoms with Crippen molar-refractivity contribution in [2.24, 2.45) is 0 Å². The second-order valence-electron chi connectivity index (χ2n) is 7.66. The molecule has 34 heavy (non-hydrogen) atoms. The summed E-state index contributed by atoms with van der Waals surface area (Å²) in [4.78, 5) is 17.5. The highest BCUT2D eigenvalue weighted by Crippen LogP contribution is 2.34. The molecule has 4 nitrogen and oxygen atoms in total. The Morgan fingerprint density at radius 2 is 1.62 bits per heavy atom. The predicted octanol–water partition coefficient (Wildman–Crippen LogP) is 8.50. The van der Waals surface area contributed by atoms with Gasteiger partial charge in [-0.05, 0) is 55.3 Å². The third-order valence-electron chi connectivity index (χ3n) is 5.04. The Bertz CT molecular complexity index is 1350. The lowest BCUT2D eigenvalue weighted by Crippen LogP contribution is -2.15. The van der Waals surface area contributed by atoms with Gasteiger partial charge >= 0.3 is 0 Å². The average Bonchev–Trinajstić information content (AvgIpc) is 3.21. The van der Waals surface area contributed by atoms with Crippen molar-refractivity contribution in [3.05, 3.63) is 92.0 Å². The van der Waals surface area contributed by atoms with Gasteiger partial charge in [-0.15, -0.1) is 0 Å². The van der Waals surface area contributed by atoms with Crippen LogP contribution in [-0.2, 0) is 4.79 Å². The fraction of sp³-hybridized carbons (Fsp3) is 0.120. The maximum absolute atomic E-state index is 12.7. The largest absolute Gasteiger partial charge is 0.323 e. The lowest BCUT2D eigenvalue weighted by atomic mass is 10.1. The van der Waals surface area contributed by atoms with E-state index >= 15 is 0 Å². The number of anilines is 1. The number of rotatable bonds is 6. The number of hydrogen-bond acceptors (Lipinski definition) is 3. The molecule has 4 aromatic rings. The van der Waals surface area contributed by atoms with Crippen LogP contribution in [0.3, 0.4) is 0 Å². The Morgan fingerprint density at radius 3 is 2.29 bits per heavy atom.